The van der Waals surface area contributed by atoms with Gasteiger partial charge in [-0.15, -0.1) is 0 Å². The topological polar surface area (TPSA) is 107 Å². The molecule has 0 unspecified atom stereocenters. The molecule has 3 heterocycles. The van der Waals surface area contributed by atoms with Gasteiger partial charge in [0.2, 0.25) is 12.5 Å². The van der Waals surface area contributed by atoms with E-state index in [-0.39, 0.29) is 30.3 Å². The molecule has 0 N–H and O–H groups in total. The molecule has 0 bridgehead atoms. The van der Waals surface area contributed by atoms with Crippen molar-refractivity contribution >= 4 is 29.3 Å². The van der Waals surface area contributed by atoms with Gasteiger partial charge in [-0.3, -0.25) is 18.7 Å². The van der Waals surface area contributed by atoms with Crippen molar-refractivity contribution < 1.29 is 19.0 Å². The van der Waals surface area contributed by atoms with Crippen molar-refractivity contribution in [3.05, 3.63) is 44.4 Å². The number of carbonyl (C=O) groups excluding carboxylic acids is 1. The molecule has 1 aromatic carbocycles. The van der Waals surface area contributed by atoms with Crippen LogP contribution in [-0.4, -0.2) is 31.4 Å². The molecule has 0 saturated heterocycles. The number of imidazole rings is 1. The molecular formula is C21H22N4O6. The molecule has 162 valence electrons. The first-order chi connectivity index (χ1) is 14.8. The summed E-state index contributed by atoms with van der Waals surface area (Å²) < 4.78 is 20.4. The second-order valence-corrected chi connectivity index (χ2v) is 6.96. The number of benzene rings is 1. The lowest BCUT2D eigenvalue weighted by atomic mass is 10.1. The van der Waals surface area contributed by atoms with E-state index in [1.807, 2.05) is 6.92 Å². The van der Waals surface area contributed by atoms with Gasteiger partial charge in [0.1, 0.15) is 5.82 Å². The number of nitrogens with zero attached hydrogens (tertiary/aromatic N) is 4. The Labute approximate surface area is 176 Å². The van der Waals surface area contributed by atoms with Gasteiger partial charge in [-0.2, -0.15) is 0 Å². The highest BCUT2D eigenvalue weighted by molar-refractivity contribution is 5.78. The van der Waals surface area contributed by atoms with Crippen LogP contribution in [0.5, 0.6) is 17.2 Å². The molecular weight excluding hydrogens is 404 g/mol. The van der Waals surface area contributed by atoms with Crippen molar-refractivity contribution in [2.45, 2.75) is 33.9 Å². The van der Waals surface area contributed by atoms with Crippen molar-refractivity contribution in [2.24, 2.45) is 7.05 Å². The van der Waals surface area contributed by atoms with Crippen LogP contribution >= 0.6 is 0 Å². The van der Waals surface area contributed by atoms with Crippen LogP contribution in [0.3, 0.4) is 0 Å². The molecule has 0 atom stereocenters. The predicted molar refractivity (Wildman–Crippen MR) is 113 cm³/mol. The Morgan fingerprint density at radius 3 is 2.58 bits per heavy atom. The Morgan fingerprint density at radius 2 is 1.90 bits per heavy atom. The molecule has 0 aliphatic carbocycles. The van der Waals surface area contributed by atoms with Gasteiger partial charge in [0.05, 0.1) is 0 Å². The lowest BCUT2D eigenvalue weighted by molar-refractivity contribution is -0.132. The zero-order chi connectivity index (χ0) is 22.3. The quantitative estimate of drug-likeness (QED) is 0.452. The van der Waals surface area contributed by atoms with E-state index >= 15 is 0 Å². The first-order valence-corrected chi connectivity index (χ1v) is 9.85. The van der Waals surface area contributed by atoms with Gasteiger partial charge >= 0.3 is 11.7 Å². The molecule has 10 nitrogen and oxygen atoms in total. The summed E-state index contributed by atoms with van der Waals surface area (Å²) in [7, 11) is 1.73. The number of esters is 1. The van der Waals surface area contributed by atoms with Crippen LogP contribution in [0, 0.1) is 0 Å². The maximum Gasteiger partial charge on any atom is 0.332 e. The summed E-state index contributed by atoms with van der Waals surface area (Å²) in [6.07, 6.45) is 3.47. The molecule has 10 heteroatoms. The van der Waals surface area contributed by atoms with Gasteiger partial charge in [-0.1, -0.05) is 6.08 Å². The van der Waals surface area contributed by atoms with E-state index in [0.717, 1.165) is 0 Å². The first-order valence-electron chi connectivity index (χ1n) is 9.85. The molecule has 2 aromatic heterocycles. The lowest BCUT2D eigenvalue weighted by Gasteiger charge is -2.08. The lowest BCUT2D eigenvalue weighted by Crippen LogP contribution is -2.39. The first kappa shape index (κ1) is 20.5. The Bertz CT molecular complexity index is 1340. The van der Waals surface area contributed by atoms with Gasteiger partial charge in [-0.05, 0) is 37.6 Å². The molecule has 0 fully saturated rings. The average Bonchev–Trinajstić information content (AvgIpc) is 3.31. The van der Waals surface area contributed by atoms with E-state index in [0.29, 0.717) is 40.6 Å². The SMILES string of the molecule is CCn1c(=O)c2c(nc(C=Cc3cc4c(c(OC(C)=O)c3)OCO4)n2C)n(CC)c1=O. The number of fused-ring (bicyclic) bond motifs is 2. The van der Waals surface area contributed by atoms with Crippen LogP contribution in [0.25, 0.3) is 23.3 Å². The summed E-state index contributed by atoms with van der Waals surface area (Å²) in [6, 6.07) is 3.40. The Hall–Kier alpha value is -3.82. The average molecular weight is 426 g/mol. The fourth-order valence-electron chi connectivity index (χ4n) is 3.59. The monoisotopic (exact) mass is 426 g/mol. The number of aromatic nitrogens is 4. The molecule has 0 spiro atoms. The van der Waals surface area contributed by atoms with Crippen LogP contribution in [0.4, 0.5) is 0 Å². The molecule has 31 heavy (non-hydrogen) atoms. The number of rotatable bonds is 5. The van der Waals surface area contributed by atoms with Crippen LogP contribution in [-0.2, 0) is 24.9 Å². The Kier molecular flexibility index (Phi) is 5.14. The summed E-state index contributed by atoms with van der Waals surface area (Å²) in [6.45, 7) is 5.61. The number of ether oxygens (including phenoxy) is 3. The normalized spacial score (nSPS) is 12.8. The van der Waals surface area contributed by atoms with E-state index in [4.69, 9.17) is 14.2 Å². The summed E-state index contributed by atoms with van der Waals surface area (Å²) in [5.41, 5.74) is 0.635. The largest absolute Gasteiger partial charge is 0.453 e. The zero-order valence-corrected chi connectivity index (χ0v) is 17.7. The van der Waals surface area contributed by atoms with Crippen molar-refractivity contribution in [1.82, 2.24) is 18.7 Å². The smallest absolute Gasteiger partial charge is 0.332 e. The molecule has 0 amide bonds. The van der Waals surface area contributed by atoms with Crippen LogP contribution in [0.2, 0.25) is 0 Å². The van der Waals surface area contributed by atoms with Gasteiger partial charge in [0.15, 0.2) is 22.7 Å². The molecule has 0 radical (unpaired) electrons. The fourth-order valence-corrected chi connectivity index (χ4v) is 3.59. The minimum atomic E-state index is -0.473. The maximum absolute atomic E-state index is 12.8. The second-order valence-electron chi connectivity index (χ2n) is 6.96. The van der Waals surface area contributed by atoms with E-state index in [1.54, 1.807) is 42.8 Å². The molecule has 4 rings (SSSR count). The van der Waals surface area contributed by atoms with Crippen molar-refractivity contribution in [2.75, 3.05) is 6.79 Å². The maximum atomic E-state index is 12.8. The van der Waals surface area contributed by atoms with Crippen molar-refractivity contribution in [3.63, 3.8) is 0 Å². The van der Waals surface area contributed by atoms with Crippen LogP contribution in [0.15, 0.2) is 21.7 Å². The molecule has 0 saturated carbocycles. The summed E-state index contributed by atoms with van der Waals surface area (Å²) in [4.78, 5) is 41.3. The minimum absolute atomic E-state index is 0.0414. The fraction of sp³-hybridized carbons (Fsp3) is 0.333. The standard InChI is InChI=1S/C21H22N4O6/c1-5-24-19-17(20(27)25(6-2)21(24)28)23(4)16(22-19)8-7-13-9-14-18(30-11-29-14)15(10-13)31-12(3)26/h7-10H,5-6,11H2,1-4H3. The molecule has 1 aliphatic rings. The number of aryl methyl sites for hydroxylation is 2. The second kappa shape index (κ2) is 7.78. The third-order valence-corrected chi connectivity index (χ3v) is 5.05. The van der Waals surface area contributed by atoms with Gasteiger partial charge < -0.3 is 18.8 Å². The van der Waals surface area contributed by atoms with E-state index in [9.17, 15) is 14.4 Å². The van der Waals surface area contributed by atoms with E-state index in [2.05, 4.69) is 4.98 Å². The third kappa shape index (κ3) is 3.39. The predicted octanol–water partition coefficient (Wildman–Crippen LogP) is 1.76. The highest BCUT2D eigenvalue weighted by Gasteiger charge is 2.22. The summed E-state index contributed by atoms with van der Waals surface area (Å²) >= 11 is 0. The third-order valence-electron chi connectivity index (χ3n) is 5.05. The Balaban J connectivity index is 1.82. The summed E-state index contributed by atoms with van der Waals surface area (Å²) in [5, 5.41) is 0. The van der Waals surface area contributed by atoms with E-state index in [1.165, 1.54) is 16.1 Å². The number of hydrogen-bond donors (Lipinski definition) is 0. The number of carbonyl (C=O) groups is 1. The zero-order valence-electron chi connectivity index (χ0n) is 17.7. The Morgan fingerprint density at radius 1 is 1.16 bits per heavy atom. The van der Waals surface area contributed by atoms with Crippen molar-refractivity contribution in [3.8, 4) is 17.2 Å². The molecule has 1 aliphatic heterocycles. The van der Waals surface area contributed by atoms with Crippen molar-refractivity contribution in [1.29, 1.82) is 0 Å². The minimum Gasteiger partial charge on any atom is -0.453 e. The van der Waals surface area contributed by atoms with Gasteiger partial charge in [0.25, 0.3) is 5.56 Å². The van der Waals surface area contributed by atoms with Gasteiger partial charge in [-0.25, -0.2) is 9.78 Å². The highest BCUT2D eigenvalue weighted by Crippen LogP contribution is 2.42. The summed E-state index contributed by atoms with van der Waals surface area (Å²) in [5.74, 6) is 1.13. The van der Waals surface area contributed by atoms with E-state index < -0.39 is 5.97 Å². The van der Waals surface area contributed by atoms with Crippen LogP contribution < -0.4 is 25.5 Å². The highest BCUT2D eigenvalue weighted by atomic mass is 16.7. The molecule has 3 aromatic rings. The van der Waals surface area contributed by atoms with Crippen LogP contribution in [0.1, 0.15) is 32.2 Å². The van der Waals surface area contributed by atoms with Gasteiger partial charge in [0, 0.05) is 27.1 Å². The number of hydrogen-bond acceptors (Lipinski definition) is 7.